The average molecular weight is 569 g/mol. The molecule has 0 aliphatic carbocycles. The number of carbonyl (C=O) groups is 4. The molecule has 2 heterocycles. The van der Waals surface area contributed by atoms with E-state index in [2.05, 4.69) is 0 Å². The zero-order valence-electron chi connectivity index (χ0n) is 23.5. The molecule has 10 heteroatoms. The van der Waals surface area contributed by atoms with Crippen molar-refractivity contribution in [2.75, 3.05) is 52.9 Å². The van der Waals surface area contributed by atoms with Gasteiger partial charge in [0.2, 0.25) is 0 Å². The van der Waals surface area contributed by atoms with Gasteiger partial charge in [-0.15, -0.1) is 0 Å². The predicted octanol–water partition coefficient (Wildman–Crippen LogP) is 4.26. The smallest absolute Gasteiger partial charge is 0.338 e. The lowest BCUT2D eigenvalue weighted by Crippen LogP contribution is -2.46. The molecule has 2 saturated heterocycles. The standard InChI is InChI=1S/C31H36O10/c1-3-30(16-36-17-30)20-40-28(34)24-10-6-22(7-11-24)26(32)38-14-5-15-39-27(33)23-8-12-25(13-9-23)29(35)41-21-31(4-2)18-37-19-31/h6-13H,3-5,14-21H2,1-2H3. The lowest BCUT2D eigenvalue weighted by atomic mass is 9.84. The summed E-state index contributed by atoms with van der Waals surface area (Å²) in [6.45, 7) is 7.11. The first-order chi connectivity index (χ1) is 19.8. The Kier molecular flexibility index (Phi) is 10.1. The van der Waals surface area contributed by atoms with E-state index in [0.717, 1.165) is 12.8 Å². The number of ether oxygens (including phenoxy) is 6. The SMILES string of the molecule is CCC1(COC(=O)c2ccc(C(=O)OCCCOC(=O)c3ccc(C(=O)OCC4(CC)COC4)cc3)cc2)COC1. The highest BCUT2D eigenvalue weighted by Gasteiger charge is 2.39. The summed E-state index contributed by atoms with van der Waals surface area (Å²) in [4.78, 5) is 49.2. The Bertz CT molecular complexity index is 1100. The monoisotopic (exact) mass is 568 g/mol. The van der Waals surface area contributed by atoms with Crippen molar-refractivity contribution in [3.8, 4) is 0 Å². The Hall–Kier alpha value is -3.76. The van der Waals surface area contributed by atoms with Gasteiger partial charge in [0.15, 0.2) is 0 Å². The van der Waals surface area contributed by atoms with Gasteiger partial charge < -0.3 is 28.4 Å². The Morgan fingerprint density at radius 2 is 0.854 bits per heavy atom. The zero-order chi connectivity index (χ0) is 29.3. The minimum Gasteiger partial charge on any atom is -0.462 e. The highest BCUT2D eigenvalue weighted by Crippen LogP contribution is 2.32. The van der Waals surface area contributed by atoms with Crippen LogP contribution in [0.3, 0.4) is 0 Å². The van der Waals surface area contributed by atoms with Gasteiger partial charge in [0.25, 0.3) is 0 Å². The number of esters is 4. The van der Waals surface area contributed by atoms with Crippen molar-refractivity contribution >= 4 is 23.9 Å². The zero-order valence-corrected chi connectivity index (χ0v) is 23.5. The van der Waals surface area contributed by atoms with Gasteiger partial charge in [-0.05, 0) is 61.4 Å². The van der Waals surface area contributed by atoms with Crippen LogP contribution in [0.4, 0.5) is 0 Å². The second-order valence-corrected chi connectivity index (χ2v) is 10.6. The maximum absolute atomic E-state index is 12.3. The van der Waals surface area contributed by atoms with Crippen LogP contribution in [0, 0.1) is 10.8 Å². The van der Waals surface area contributed by atoms with E-state index < -0.39 is 23.9 Å². The van der Waals surface area contributed by atoms with Crippen LogP contribution in [-0.4, -0.2) is 76.7 Å². The van der Waals surface area contributed by atoms with E-state index in [4.69, 9.17) is 28.4 Å². The van der Waals surface area contributed by atoms with E-state index in [1.54, 1.807) is 0 Å². The third kappa shape index (κ3) is 7.71. The molecule has 0 unspecified atom stereocenters. The quantitative estimate of drug-likeness (QED) is 0.186. The largest absolute Gasteiger partial charge is 0.462 e. The van der Waals surface area contributed by atoms with Gasteiger partial charge in [-0.25, -0.2) is 19.2 Å². The van der Waals surface area contributed by atoms with E-state index in [-0.39, 0.29) is 24.0 Å². The fourth-order valence-corrected chi connectivity index (χ4v) is 4.20. The highest BCUT2D eigenvalue weighted by molar-refractivity contribution is 5.94. The van der Waals surface area contributed by atoms with Crippen molar-refractivity contribution in [2.24, 2.45) is 10.8 Å². The fourth-order valence-electron chi connectivity index (χ4n) is 4.20. The normalized spacial score (nSPS) is 16.4. The molecule has 0 N–H and O–H groups in total. The topological polar surface area (TPSA) is 124 Å². The Labute approximate surface area is 239 Å². The number of hydrogen-bond acceptors (Lipinski definition) is 10. The van der Waals surface area contributed by atoms with E-state index in [0.29, 0.717) is 68.3 Å². The molecule has 220 valence electrons. The molecule has 2 fully saturated rings. The van der Waals surface area contributed by atoms with Crippen LogP contribution >= 0.6 is 0 Å². The lowest BCUT2D eigenvalue weighted by Gasteiger charge is -2.39. The number of hydrogen-bond donors (Lipinski definition) is 0. The molecule has 2 aromatic carbocycles. The van der Waals surface area contributed by atoms with Crippen LogP contribution < -0.4 is 0 Å². The van der Waals surface area contributed by atoms with Gasteiger partial charge >= 0.3 is 23.9 Å². The highest BCUT2D eigenvalue weighted by atomic mass is 16.6. The fraction of sp³-hybridized carbons (Fsp3) is 0.484. The van der Waals surface area contributed by atoms with E-state index in [1.807, 2.05) is 13.8 Å². The van der Waals surface area contributed by atoms with Gasteiger partial charge in [0, 0.05) is 6.42 Å². The maximum atomic E-state index is 12.3. The molecule has 0 radical (unpaired) electrons. The van der Waals surface area contributed by atoms with Crippen molar-refractivity contribution in [2.45, 2.75) is 33.1 Å². The summed E-state index contributed by atoms with van der Waals surface area (Å²) < 4.78 is 31.8. The summed E-state index contributed by atoms with van der Waals surface area (Å²) in [7, 11) is 0. The van der Waals surface area contributed by atoms with E-state index >= 15 is 0 Å². The molecule has 0 atom stereocenters. The van der Waals surface area contributed by atoms with Crippen LogP contribution in [0.1, 0.15) is 74.5 Å². The predicted molar refractivity (Wildman–Crippen MR) is 146 cm³/mol. The molecular formula is C31H36O10. The Morgan fingerprint density at radius 1 is 0.561 bits per heavy atom. The van der Waals surface area contributed by atoms with Crippen molar-refractivity contribution < 1.29 is 47.6 Å². The molecule has 0 amide bonds. The molecule has 4 rings (SSSR count). The van der Waals surface area contributed by atoms with Crippen molar-refractivity contribution in [1.29, 1.82) is 0 Å². The third-order valence-corrected chi connectivity index (χ3v) is 7.62. The summed E-state index contributed by atoms with van der Waals surface area (Å²) >= 11 is 0. The second-order valence-electron chi connectivity index (χ2n) is 10.6. The maximum Gasteiger partial charge on any atom is 0.338 e. The van der Waals surface area contributed by atoms with E-state index in [9.17, 15) is 19.2 Å². The molecule has 41 heavy (non-hydrogen) atoms. The molecule has 0 aromatic heterocycles. The molecule has 2 aliphatic rings. The second kappa shape index (κ2) is 13.7. The van der Waals surface area contributed by atoms with Crippen LogP contribution in [0.2, 0.25) is 0 Å². The van der Waals surface area contributed by atoms with Crippen LogP contribution in [0.25, 0.3) is 0 Å². The Balaban J connectivity index is 1.12. The number of carbonyl (C=O) groups excluding carboxylic acids is 4. The first-order valence-corrected chi connectivity index (χ1v) is 13.8. The minimum absolute atomic E-state index is 0.0478. The summed E-state index contributed by atoms with van der Waals surface area (Å²) in [5.74, 6) is -2.01. The van der Waals surface area contributed by atoms with E-state index in [1.165, 1.54) is 48.5 Å². The molecule has 0 spiro atoms. The van der Waals surface area contributed by atoms with Crippen LogP contribution in [0.15, 0.2) is 48.5 Å². The number of benzene rings is 2. The molecule has 2 aliphatic heterocycles. The van der Waals surface area contributed by atoms with Gasteiger partial charge in [0.1, 0.15) is 13.2 Å². The number of rotatable bonds is 14. The van der Waals surface area contributed by atoms with Gasteiger partial charge in [0.05, 0.1) is 72.7 Å². The molecule has 0 bridgehead atoms. The van der Waals surface area contributed by atoms with Gasteiger partial charge in [-0.2, -0.15) is 0 Å². The van der Waals surface area contributed by atoms with Gasteiger partial charge in [-0.3, -0.25) is 0 Å². The van der Waals surface area contributed by atoms with Crippen molar-refractivity contribution in [3.05, 3.63) is 70.8 Å². The van der Waals surface area contributed by atoms with Crippen LogP contribution in [-0.2, 0) is 28.4 Å². The summed E-state index contributed by atoms with van der Waals surface area (Å²) in [6.07, 6.45) is 2.04. The lowest BCUT2D eigenvalue weighted by molar-refractivity contribution is -0.140. The molecule has 0 saturated carbocycles. The summed E-state index contributed by atoms with van der Waals surface area (Å²) in [5, 5.41) is 0. The van der Waals surface area contributed by atoms with Gasteiger partial charge in [-0.1, -0.05) is 13.8 Å². The molecular weight excluding hydrogens is 532 g/mol. The summed E-state index contributed by atoms with van der Waals surface area (Å²) in [6, 6.07) is 12.1. The van der Waals surface area contributed by atoms with Crippen LogP contribution in [0.5, 0.6) is 0 Å². The summed E-state index contributed by atoms with van der Waals surface area (Å²) in [5.41, 5.74) is 1.08. The minimum atomic E-state index is -0.551. The first-order valence-electron chi connectivity index (χ1n) is 13.8. The van der Waals surface area contributed by atoms with Crippen molar-refractivity contribution in [3.63, 3.8) is 0 Å². The average Bonchev–Trinajstić information content (AvgIpc) is 2.96. The first kappa shape index (κ1) is 30.2. The van der Waals surface area contributed by atoms with Crippen molar-refractivity contribution in [1.82, 2.24) is 0 Å². The molecule has 2 aromatic rings. The molecule has 10 nitrogen and oxygen atoms in total. The Morgan fingerprint density at radius 3 is 1.10 bits per heavy atom. The third-order valence-electron chi connectivity index (χ3n) is 7.62.